The number of unbranched alkanes of at least 4 members (excludes halogenated alkanes) is 1. The van der Waals surface area contributed by atoms with Crippen molar-refractivity contribution in [2.45, 2.75) is 26.2 Å². The van der Waals surface area contributed by atoms with Crippen LogP contribution in [-0.4, -0.2) is 44.7 Å². The van der Waals surface area contributed by atoms with E-state index < -0.39 is 0 Å². The highest BCUT2D eigenvalue weighted by Gasteiger charge is 2.00. The van der Waals surface area contributed by atoms with E-state index >= 15 is 0 Å². The van der Waals surface area contributed by atoms with Crippen LogP contribution in [0.25, 0.3) is 0 Å². The monoisotopic (exact) mass is 187 g/mol. The van der Waals surface area contributed by atoms with Crippen LogP contribution in [0.4, 0.5) is 0 Å². The number of hydrogen-bond acceptors (Lipinski definition) is 3. The lowest BCUT2D eigenvalue weighted by Gasteiger charge is -2.09. The predicted octanol–water partition coefficient (Wildman–Crippen LogP) is 0.657. The van der Waals surface area contributed by atoms with Gasteiger partial charge in [-0.15, -0.1) is 0 Å². The molecule has 1 saturated heterocycles. The van der Waals surface area contributed by atoms with Gasteiger partial charge < -0.3 is 16.0 Å². The van der Waals surface area contributed by atoms with Gasteiger partial charge in [0, 0.05) is 13.1 Å². The molecule has 3 nitrogen and oxygen atoms in total. The van der Waals surface area contributed by atoms with Crippen molar-refractivity contribution in [3.8, 4) is 0 Å². The molecule has 3 heteroatoms. The second-order valence-corrected chi connectivity index (χ2v) is 3.55. The van der Waals surface area contributed by atoms with Gasteiger partial charge in [-0.2, -0.15) is 0 Å². The van der Waals surface area contributed by atoms with Crippen LogP contribution >= 0.6 is 0 Å². The minimum absolute atomic E-state index is 0.844. The number of nitrogens with two attached hydrogens (primary N) is 1. The topological polar surface area (TPSA) is 41.3 Å². The van der Waals surface area contributed by atoms with Crippen LogP contribution in [0.5, 0.6) is 0 Å². The Bertz CT molecular complexity index is 86.2. The molecule has 3 N–H and O–H groups in total. The molecular weight excluding hydrogens is 162 g/mol. The van der Waals surface area contributed by atoms with Gasteiger partial charge in [0.25, 0.3) is 0 Å². The first-order valence-electron chi connectivity index (χ1n) is 5.40. The summed E-state index contributed by atoms with van der Waals surface area (Å²) in [6, 6.07) is 0. The number of likely N-dealkylation sites (N-methyl/N-ethyl adjacent to an activating group) is 1. The Hall–Kier alpha value is -0.120. The Kier molecular flexibility index (Phi) is 9.87. The molecule has 0 spiro atoms. The summed E-state index contributed by atoms with van der Waals surface area (Å²) in [4.78, 5) is 2.36. The summed E-state index contributed by atoms with van der Waals surface area (Å²) in [5.74, 6) is 0. The number of nitrogens with one attached hydrogen (secondary N) is 1. The lowest BCUT2D eigenvalue weighted by atomic mass is 10.3. The van der Waals surface area contributed by atoms with Crippen molar-refractivity contribution in [3.05, 3.63) is 0 Å². The van der Waals surface area contributed by atoms with Gasteiger partial charge in [0.05, 0.1) is 0 Å². The van der Waals surface area contributed by atoms with Crippen molar-refractivity contribution in [3.63, 3.8) is 0 Å². The highest BCUT2D eigenvalue weighted by atomic mass is 15.1. The largest absolute Gasteiger partial charge is 0.330 e. The maximum atomic E-state index is 5.14. The molecule has 1 fully saturated rings. The molecule has 0 aliphatic carbocycles. The Labute approximate surface area is 82.7 Å². The molecule has 1 rings (SSSR count). The summed E-state index contributed by atoms with van der Waals surface area (Å²) < 4.78 is 0. The molecule has 0 atom stereocenters. The first-order chi connectivity index (χ1) is 6.31. The molecule has 0 aromatic carbocycles. The average molecular weight is 187 g/mol. The van der Waals surface area contributed by atoms with E-state index in [9.17, 15) is 0 Å². The summed E-state index contributed by atoms with van der Waals surface area (Å²) >= 11 is 0. The molecule has 0 amide bonds. The molecule has 0 bridgehead atoms. The van der Waals surface area contributed by atoms with Crippen LogP contribution in [0.15, 0.2) is 0 Å². The molecule has 1 aliphatic rings. The predicted molar refractivity (Wildman–Crippen MR) is 58.9 cm³/mol. The lowest BCUT2D eigenvalue weighted by molar-refractivity contribution is 0.358. The van der Waals surface area contributed by atoms with Crippen LogP contribution in [0.3, 0.4) is 0 Å². The van der Waals surface area contributed by atoms with Crippen molar-refractivity contribution >= 4 is 0 Å². The lowest BCUT2D eigenvalue weighted by Crippen LogP contribution is -2.23. The van der Waals surface area contributed by atoms with Crippen LogP contribution in [0.2, 0.25) is 0 Å². The van der Waals surface area contributed by atoms with E-state index in [4.69, 9.17) is 5.73 Å². The zero-order chi connectivity index (χ0) is 9.94. The zero-order valence-corrected chi connectivity index (χ0v) is 9.18. The highest BCUT2D eigenvalue weighted by Crippen LogP contribution is 1.88. The van der Waals surface area contributed by atoms with E-state index in [1.807, 2.05) is 0 Å². The third-order valence-electron chi connectivity index (χ3n) is 2.12. The van der Waals surface area contributed by atoms with Crippen LogP contribution < -0.4 is 11.1 Å². The fourth-order valence-electron chi connectivity index (χ4n) is 1.18. The quantitative estimate of drug-likeness (QED) is 0.667. The Balaban J connectivity index is 0.000000252. The maximum absolute atomic E-state index is 5.14. The molecule has 0 saturated carbocycles. The fraction of sp³-hybridized carbons (Fsp3) is 1.00. The summed E-state index contributed by atoms with van der Waals surface area (Å²) in [5.41, 5.74) is 5.14. The molecule has 0 aromatic rings. The van der Waals surface area contributed by atoms with Crippen LogP contribution in [0.1, 0.15) is 26.2 Å². The highest BCUT2D eigenvalue weighted by molar-refractivity contribution is 4.60. The third kappa shape index (κ3) is 9.80. The van der Waals surface area contributed by atoms with Gasteiger partial charge in [0.15, 0.2) is 0 Å². The van der Waals surface area contributed by atoms with Gasteiger partial charge in [0.1, 0.15) is 0 Å². The number of hydrogen-bond donors (Lipinski definition) is 2. The van der Waals surface area contributed by atoms with Crippen LogP contribution in [-0.2, 0) is 0 Å². The second kappa shape index (κ2) is 9.96. The van der Waals surface area contributed by atoms with Gasteiger partial charge in [-0.25, -0.2) is 0 Å². The molecular formula is C10H25N3. The number of nitrogens with zero attached hydrogens (tertiary/aromatic N) is 1. The van der Waals surface area contributed by atoms with Crippen molar-refractivity contribution in [2.24, 2.45) is 5.73 Å². The van der Waals surface area contributed by atoms with Crippen molar-refractivity contribution in [2.75, 3.05) is 39.8 Å². The molecule has 0 radical (unpaired) electrons. The van der Waals surface area contributed by atoms with Gasteiger partial charge in [-0.1, -0.05) is 13.3 Å². The Morgan fingerprint density at radius 1 is 1.31 bits per heavy atom. The molecule has 0 aromatic heterocycles. The smallest absolute Gasteiger partial charge is 0.0104 e. The SMILES string of the molecule is CCCCN.CN1CCCNCC1. The average Bonchev–Trinajstić information content (AvgIpc) is 2.35. The summed E-state index contributed by atoms with van der Waals surface area (Å²) in [5, 5.41) is 3.34. The first kappa shape index (κ1) is 12.9. The molecule has 13 heavy (non-hydrogen) atoms. The fourth-order valence-corrected chi connectivity index (χ4v) is 1.18. The van der Waals surface area contributed by atoms with E-state index in [1.54, 1.807) is 0 Å². The molecule has 1 aliphatic heterocycles. The Morgan fingerprint density at radius 3 is 2.62 bits per heavy atom. The van der Waals surface area contributed by atoms with Gasteiger partial charge in [-0.3, -0.25) is 0 Å². The second-order valence-electron chi connectivity index (χ2n) is 3.55. The Morgan fingerprint density at radius 2 is 2.08 bits per heavy atom. The van der Waals surface area contributed by atoms with Crippen LogP contribution in [0, 0.1) is 0 Å². The van der Waals surface area contributed by atoms with Gasteiger partial charge in [-0.05, 0) is 39.5 Å². The minimum Gasteiger partial charge on any atom is -0.330 e. The van der Waals surface area contributed by atoms with Crippen molar-refractivity contribution < 1.29 is 0 Å². The summed E-state index contributed by atoms with van der Waals surface area (Å²) in [6.07, 6.45) is 3.69. The molecule has 80 valence electrons. The van der Waals surface area contributed by atoms with Crippen molar-refractivity contribution in [1.82, 2.24) is 10.2 Å². The van der Waals surface area contributed by atoms with E-state index in [0.29, 0.717) is 0 Å². The minimum atomic E-state index is 0.844. The van der Waals surface area contributed by atoms with Crippen molar-refractivity contribution in [1.29, 1.82) is 0 Å². The standard InChI is InChI=1S/C6H14N2.C4H11N/c1-8-5-2-3-7-4-6-8;1-2-3-4-5/h7H,2-6H2,1H3;2-5H2,1H3. The third-order valence-corrected chi connectivity index (χ3v) is 2.12. The number of rotatable bonds is 2. The molecule has 1 heterocycles. The zero-order valence-electron chi connectivity index (χ0n) is 9.18. The first-order valence-corrected chi connectivity index (χ1v) is 5.40. The van der Waals surface area contributed by atoms with E-state index in [1.165, 1.54) is 38.9 Å². The summed E-state index contributed by atoms with van der Waals surface area (Å²) in [6.45, 7) is 7.80. The van der Waals surface area contributed by atoms with Gasteiger partial charge >= 0.3 is 0 Å². The van der Waals surface area contributed by atoms with E-state index in [2.05, 4.69) is 24.2 Å². The van der Waals surface area contributed by atoms with Gasteiger partial charge in [0.2, 0.25) is 0 Å². The van der Waals surface area contributed by atoms with E-state index in [-0.39, 0.29) is 0 Å². The summed E-state index contributed by atoms with van der Waals surface area (Å²) in [7, 11) is 2.17. The molecule has 0 unspecified atom stereocenters. The maximum Gasteiger partial charge on any atom is 0.0104 e. The van der Waals surface area contributed by atoms with E-state index in [0.717, 1.165) is 13.1 Å². The normalized spacial score (nSPS) is 18.7.